The second-order valence-corrected chi connectivity index (χ2v) is 6.81. The van der Waals surface area contributed by atoms with E-state index in [0.717, 1.165) is 24.5 Å². The molecule has 1 aromatic rings. The van der Waals surface area contributed by atoms with E-state index in [9.17, 15) is 4.39 Å². The summed E-state index contributed by atoms with van der Waals surface area (Å²) in [6, 6.07) is 6.62. The number of benzene rings is 1. The largest absolute Gasteiger partial charge is 0.356 e. The number of guanidine groups is 1. The van der Waals surface area contributed by atoms with Crippen LogP contribution in [0.4, 0.5) is 4.39 Å². The third-order valence-electron chi connectivity index (χ3n) is 4.69. The highest BCUT2D eigenvalue weighted by Crippen LogP contribution is 2.06. The molecule has 1 fully saturated rings. The summed E-state index contributed by atoms with van der Waals surface area (Å²) in [4.78, 5) is 11.3. The summed E-state index contributed by atoms with van der Waals surface area (Å²) in [5, 5.41) is 3.42. The van der Waals surface area contributed by atoms with Crippen LogP contribution in [-0.4, -0.2) is 81.1 Å². The van der Waals surface area contributed by atoms with E-state index >= 15 is 0 Å². The molecule has 0 radical (unpaired) electrons. The Kier molecular flexibility index (Phi) is 11.1. The van der Waals surface area contributed by atoms with E-state index in [1.54, 1.807) is 7.05 Å². The lowest BCUT2D eigenvalue weighted by molar-refractivity contribution is 0.152. The first-order chi connectivity index (χ1) is 12.1. The molecule has 0 amide bonds. The van der Waals surface area contributed by atoms with Crippen molar-refractivity contribution < 1.29 is 4.39 Å². The number of aliphatic imine (C=N–C) groups is 1. The van der Waals surface area contributed by atoms with Crippen LogP contribution in [0.1, 0.15) is 18.4 Å². The Morgan fingerprint density at radius 3 is 2.42 bits per heavy atom. The molecular formula is C19H33FIN5. The number of hydrogen-bond donors (Lipinski definition) is 1. The molecule has 148 valence electrons. The number of rotatable bonds is 7. The maximum atomic E-state index is 13.0. The Balaban J connectivity index is 0.00000338. The first-order valence-electron chi connectivity index (χ1n) is 9.15. The van der Waals surface area contributed by atoms with Gasteiger partial charge in [0.25, 0.3) is 0 Å². The fourth-order valence-corrected chi connectivity index (χ4v) is 3.06. The van der Waals surface area contributed by atoms with Gasteiger partial charge in [-0.2, -0.15) is 0 Å². The summed E-state index contributed by atoms with van der Waals surface area (Å²) < 4.78 is 13.0. The molecule has 0 saturated carbocycles. The first-order valence-corrected chi connectivity index (χ1v) is 9.15. The van der Waals surface area contributed by atoms with Crippen molar-refractivity contribution in [3.05, 3.63) is 35.6 Å². The summed E-state index contributed by atoms with van der Waals surface area (Å²) >= 11 is 0. The number of hydrogen-bond acceptors (Lipinski definition) is 3. The maximum Gasteiger partial charge on any atom is 0.193 e. The second-order valence-electron chi connectivity index (χ2n) is 6.81. The molecule has 1 aliphatic heterocycles. The van der Waals surface area contributed by atoms with Gasteiger partial charge in [-0.25, -0.2) is 4.39 Å². The molecule has 1 aliphatic rings. The SMILES string of the molecule is CN=C(NCCCCN1CCN(C)CC1)N(C)Cc1ccc(F)cc1.I. The minimum Gasteiger partial charge on any atom is -0.356 e. The normalized spacial score (nSPS) is 16.2. The predicted octanol–water partition coefficient (Wildman–Crippen LogP) is 2.48. The van der Waals surface area contributed by atoms with Gasteiger partial charge in [-0.3, -0.25) is 4.99 Å². The Morgan fingerprint density at radius 2 is 1.81 bits per heavy atom. The van der Waals surface area contributed by atoms with Gasteiger partial charge in [0.15, 0.2) is 5.96 Å². The molecule has 0 spiro atoms. The third-order valence-corrected chi connectivity index (χ3v) is 4.69. The van der Waals surface area contributed by atoms with Gasteiger partial charge in [-0.1, -0.05) is 12.1 Å². The van der Waals surface area contributed by atoms with Crippen LogP contribution in [0, 0.1) is 5.82 Å². The van der Waals surface area contributed by atoms with Crippen molar-refractivity contribution in [1.29, 1.82) is 0 Å². The van der Waals surface area contributed by atoms with Crippen LogP contribution in [0.2, 0.25) is 0 Å². The molecule has 0 aliphatic carbocycles. The number of nitrogens with one attached hydrogen (secondary N) is 1. The molecule has 0 atom stereocenters. The first kappa shape index (κ1) is 23.1. The van der Waals surface area contributed by atoms with Gasteiger partial charge in [0.2, 0.25) is 0 Å². The zero-order chi connectivity index (χ0) is 18.1. The van der Waals surface area contributed by atoms with E-state index in [2.05, 4.69) is 32.1 Å². The van der Waals surface area contributed by atoms with Crippen LogP contribution >= 0.6 is 24.0 Å². The third kappa shape index (κ3) is 8.18. The molecule has 1 N–H and O–H groups in total. The molecule has 1 heterocycles. The van der Waals surface area contributed by atoms with Crippen LogP contribution in [0.25, 0.3) is 0 Å². The molecule has 0 unspecified atom stereocenters. The van der Waals surface area contributed by atoms with Crippen molar-refractivity contribution in [2.45, 2.75) is 19.4 Å². The van der Waals surface area contributed by atoms with E-state index in [0.29, 0.717) is 6.54 Å². The lowest BCUT2D eigenvalue weighted by Gasteiger charge is -2.32. The van der Waals surface area contributed by atoms with Crippen LogP contribution in [0.15, 0.2) is 29.3 Å². The van der Waals surface area contributed by atoms with Crippen molar-refractivity contribution in [3.63, 3.8) is 0 Å². The van der Waals surface area contributed by atoms with Gasteiger partial charge >= 0.3 is 0 Å². The summed E-state index contributed by atoms with van der Waals surface area (Å²) in [6.45, 7) is 7.55. The standard InChI is InChI=1S/C19H32FN5.HI/c1-21-19(24(3)16-17-6-8-18(20)9-7-17)22-10-4-5-11-25-14-12-23(2)13-15-25;/h6-9H,4-5,10-16H2,1-3H3,(H,21,22);1H. The van der Waals surface area contributed by atoms with Crippen molar-refractivity contribution in [3.8, 4) is 0 Å². The van der Waals surface area contributed by atoms with Crippen LogP contribution in [0.5, 0.6) is 0 Å². The van der Waals surface area contributed by atoms with Crippen LogP contribution < -0.4 is 5.32 Å². The topological polar surface area (TPSA) is 34.1 Å². The molecule has 0 bridgehead atoms. The molecule has 1 aromatic carbocycles. The van der Waals surface area contributed by atoms with E-state index in [4.69, 9.17) is 0 Å². The highest BCUT2D eigenvalue weighted by molar-refractivity contribution is 14.0. The van der Waals surface area contributed by atoms with Gasteiger partial charge in [-0.15, -0.1) is 24.0 Å². The molecule has 5 nitrogen and oxygen atoms in total. The summed E-state index contributed by atoms with van der Waals surface area (Å²) in [5.41, 5.74) is 1.07. The number of nitrogens with zero attached hydrogens (tertiary/aromatic N) is 4. The highest BCUT2D eigenvalue weighted by Gasteiger charge is 2.12. The highest BCUT2D eigenvalue weighted by atomic mass is 127. The minimum absolute atomic E-state index is 0. The Morgan fingerprint density at radius 1 is 1.15 bits per heavy atom. The van der Waals surface area contributed by atoms with Crippen LogP contribution in [-0.2, 0) is 6.54 Å². The number of piperazine rings is 1. The fourth-order valence-electron chi connectivity index (χ4n) is 3.06. The quantitative estimate of drug-likeness (QED) is 0.283. The van der Waals surface area contributed by atoms with Gasteiger partial charge in [-0.05, 0) is 44.1 Å². The molecule has 2 rings (SSSR count). The van der Waals surface area contributed by atoms with Crippen molar-refractivity contribution in [2.75, 3.05) is 60.4 Å². The molecule has 26 heavy (non-hydrogen) atoms. The Bertz CT molecular complexity index is 529. The molecule has 1 saturated heterocycles. The lowest BCUT2D eigenvalue weighted by atomic mass is 10.2. The van der Waals surface area contributed by atoms with Crippen molar-refractivity contribution >= 4 is 29.9 Å². The second kappa shape index (κ2) is 12.5. The average Bonchev–Trinajstić information content (AvgIpc) is 2.61. The number of halogens is 2. The van der Waals surface area contributed by atoms with Crippen molar-refractivity contribution in [2.24, 2.45) is 4.99 Å². The zero-order valence-electron chi connectivity index (χ0n) is 16.2. The summed E-state index contributed by atoms with van der Waals surface area (Å²) in [6.07, 6.45) is 2.34. The van der Waals surface area contributed by atoms with Gasteiger partial charge in [0.05, 0.1) is 0 Å². The fraction of sp³-hybridized carbons (Fsp3) is 0.632. The van der Waals surface area contributed by atoms with E-state index in [1.807, 2.05) is 19.2 Å². The van der Waals surface area contributed by atoms with Crippen molar-refractivity contribution in [1.82, 2.24) is 20.0 Å². The number of likely N-dealkylation sites (N-methyl/N-ethyl adjacent to an activating group) is 1. The summed E-state index contributed by atoms with van der Waals surface area (Å²) in [7, 11) is 5.99. The average molecular weight is 477 g/mol. The molecule has 0 aromatic heterocycles. The maximum absolute atomic E-state index is 13.0. The van der Waals surface area contributed by atoms with Crippen LogP contribution in [0.3, 0.4) is 0 Å². The van der Waals surface area contributed by atoms with Gasteiger partial charge < -0.3 is 20.0 Å². The van der Waals surface area contributed by atoms with Gasteiger partial charge in [0, 0.05) is 53.4 Å². The Hall–Kier alpha value is -0.930. The monoisotopic (exact) mass is 477 g/mol. The predicted molar refractivity (Wildman–Crippen MR) is 118 cm³/mol. The summed E-state index contributed by atoms with van der Waals surface area (Å²) in [5.74, 6) is 0.679. The minimum atomic E-state index is -0.200. The lowest BCUT2D eigenvalue weighted by Crippen LogP contribution is -2.44. The molecular weight excluding hydrogens is 444 g/mol. The van der Waals surface area contributed by atoms with Gasteiger partial charge in [0.1, 0.15) is 5.82 Å². The van der Waals surface area contributed by atoms with E-state index in [1.165, 1.54) is 51.3 Å². The molecule has 7 heteroatoms. The van der Waals surface area contributed by atoms with E-state index < -0.39 is 0 Å². The Labute approximate surface area is 174 Å². The zero-order valence-corrected chi connectivity index (χ0v) is 18.6. The smallest absolute Gasteiger partial charge is 0.193 e. The number of unbranched alkanes of at least 4 members (excludes halogenated alkanes) is 1. The van der Waals surface area contributed by atoms with E-state index in [-0.39, 0.29) is 29.8 Å².